The summed E-state index contributed by atoms with van der Waals surface area (Å²) in [4.78, 5) is 2.72. The minimum atomic E-state index is 0.293. The van der Waals surface area contributed by atoms with E-state index in [-0.39, 0.29) is 0 Å². The fourth-order valence-corrected chi connectivity index (χ4v) is 3.07. The van der Waals surface area contributed by atoms with Gasteiger partial charge in [-0.1, -0.05) is 50.6 Å². The van der Waals surface area contributed by atoms with Gasteiger partial charge in [-0.2, -0.15) is 0 Å². The topological polar surface area (TPSA) is 15.3 Å². The molecule has 0 spiro atoms. The first-order valence-corrected chi connectivity index (χ1v) is 8.20. The largest absolute Gasteiger partial charge is 0.309 e. The molecule has 20 heavy (non-hydrogen) atoms. The van der Waals surface area contributed by atoms with Crippen LogP contribution in [0.3, 0.4) is 0 Å². The fourth-order valence-electron chi connectivity index (χ4n) is 3.07. The Labute approximate surface area is 124 Å². The van der Waals surface area contributed by atoms with Crippen LogP contribution in [-0.4, -0.2) is 36.1 Å². The molecule has 0 saturated carbocycles. The second-order valence-corrected chi connectivity index (χ2v) is 6.46. The van der Waals surface area contributed by atoms with Crippen LogP contribution in [0.1, 0.15) is 45.6 Å². The molecular weight excluding hydrogens is 244 g/mol. The lowest BCUT2D eigenvalue weighted by Gasteiger charge is -2.46. The molecule has 1 N–H and O–H groups in total. The van der Waals surface area contributed by atoms with Gasteiger partial charge in [0.25, 0.3) is 0 Å². The normalized spacial score (nSPS) is 27.6. The SMILES string of the molecule is CCCCN1CC(C)(CC)NCC1Cc1ccccc1. The Kier molecular flexibility index (Phi) is 5.62. The zero-order valence-electron chi connectivity index (χ0n) is 13.4. The number of nitrogens with one attached hydrogen (secondary N) is 1. The van der Waals surface area contributed by atoms with E-state index >= 15 is 0 Å². The zero-order chi connectivity index (χ0) is 14.4. The fraction of sp³-hybridized carbons (Fsp3) is 0.667. The number of hydrogen-bond donors (Lipinski definition) is 1. The molecular formula is C18H30N2. The number of piperazine rings is 1. The summed E-state index contributed by atoms with van der Waals surface area (Å²) < 4.78 is 0. The Morgan fingerprint density at radius 3 is 2.65 bits per heavy atom. The van der Waals surface area contributed by atoms with Crippen LogP contribution >= 0.6 is 0 Å². The van der Waals surface area contributed by atoms with Crippen molar-refractivity contribution in [3.63, 3.8) is 0 Å². The van der Waals surface area contributed by atoms with E-state index < -0.39 is 0 Å². The summed E-state index contributed by atoms with van der Waals surface area (Å²) in [6.45, 7) is 10.5. The number of benzene rings is 1. The first kappa shape index (κ1) is 15.5. The maximum Gasteiger partial charge on any atom is 0.0278 e. The summed E-state index contributed by atoms with van der Waals surface area (Å²) in [6.07, 6.45) is 4.96. The Hall–Kier alpha value is -0.860. The van der Waals surface area contributed by atoms with E-state index in [4.69, 9.17) is 0 Å². The van der Waals surface area contributed by atoms with Crippen molar-refractivity contribution in [3.8, 4) is 0 Å². The minimum absolute atomic E-state index is 0.293. The average Bonchev–Trinajstić information content (AvgIpc) is 2.49. The molecule has 2 heteroatoms. The molecule has 0 amide bonds. The van der Waals surface area contributed by atoms with Gasteiger partial charge in [0.05, 0.1) is 0 Å². The van der Waals surface area contributed by atoms with Gasteiger partial charge in [-0.05, 0) is 38.3 Å². The highest BCUT2D eigenvalue weighted by Gasteiger charge is 2.33. The van der Waals surface area contributed by atoms with Crippen LogP contribution in [0.25, 0.3) is 0 Å². The summed E-state index contributed by atoms with van der Waals surface area (Å²) in [5, 5.41) is 3.78. The standard InChI is InChI=1S/C18H30N2/c1-4-6-12-20-15-18(3,5-2)19-14-17(20)13-16-10-8-7-9-11-16/h7-11,17,19H,4-6,12-15H2,1-3H3. The van der Waals surface area contributed by atoms with Gasteiger partial charge >= 0.3 is 0 Å². The number of unbranched alkanes of at least 4 members (excludes halogenated alkanes) is 1. The van der Waals surface area contributed by atoms with Crippen LogP contribution in [0.2, 0.25) is 0 Å². The van der Waals surface area contributed by atoms with Gasteiger partial charge in [0.2, 0.25) is 0 Å². The second-order valence-electron chi connectivity index (χ2n) is 6.46. The molecule has 1 aliphatic rings. The van der Waals surface area contributed by atoms with Crippen LogP contribution < -0.4 is 5.32 Å². The summed E-state index contributed by atoms with van der Waals surface area (Å²) in [5.41, 5.74) is 1.75. The van der Waals surface area contributed by atoms with Crippen molar-refractivity contribution >= 4 is 0 Å². The molecule has 1 fully saturated rings. The predicted octanol–water partition coefficient (Wildman–Crippen LogP) is 3.47. The van der Waals surface area contributed by atoms with E-state index in [1.165, 1.54) is 37.9 Å². The Morgan fingerprint density at radius 2 is 2.00 bits per heavy atom. The van der Waals surface area contributed by atoms with Gasteiger partial charge in [0, 0.05) is 24.7 Å². The molecule has 0 radical (unpaired) electrons. The van der Waals surface area contributed by atoms with Crippen molar-refractivity contribution in [3.05, 3.63) is 35.9 Å². The van der Waals surface area contributed by atoms with E-state index in [0.29, 0.717) is 11.6 Å². The lowest BCUT2D eigenvalue weighted by atomic mass is 9.91. The Balaban J connectivity index is 2.02. The smallest absolute Gasteiger partial charge is 0.0278 e. The van der Waals surface area contributed by atoms with Crippen molar-refractivity contribution in [1.29, 1.82) is 0 Å². The van der Waals surface area contributed by atoms with Crippen LogP contribution in [0, 0.1) is 0 Å². The highest BCUT2D eigenvalue weighted by Crippen LogP contribution is 2.21. The number of hydrogen-bond acceptors (Lipinski definition) is 2. The molecule has 1 heterocycles. The number of rotatable bonds is 6. The maximum atomic E-state index is 3.78. The van der Waals surface area contributed by atoms with Gasteiger partial charge in [-0.3, -0.25) is 4.90 Å². The third-order valence-corrected chi connectivity index (χ3v) is 4.73. The summed E-state index contributed by atoms with van der Waals surface area (Å²) in [5.74, 6) is 0. The Bertz CT molecular complexity index is 390. The van der Waals surface area contributed by atoms with Crippen molar-refractivity contribution < 1.29 is 0 Å². The molecule has 1 aromatic rings. The van der Waals surface area contributed by atoms with Crippen molar-refractivity contribution in [2.75, 3.05) is 19.6 Å². The van der Waals surface area contributed by atoms with E-state index in [2.05, 4.69) is 61.3 Å². The van der Waals surface area contributed by atoms with Crippen molar-refractivity contribution in [2.24, 2.45) is 0 Å². The molecule has 0 aliphatic carbocycles. The van der Waals surface area contributed by atoms with E-state index in [1.54, 1.807) is 0 Å². The number of nitrogens with zero attached hydrogens (tertiary/aromatic N) is 1. The lowest BCUT2D eigenvalue weighted by Crippen LogP contribution is -2.63. The van der Waals surface area contributed by atoms with Crippen LogP contribution in [0.5, 0.6) is 0 Å². The molecule has 112 valence electrons. The molecule has 2 nitrogen and oxygen atoms in total. The highest BCUT2D eigenvalue weighted by atomic mass is 15.2. The van der Waals surface area contributed by atoms with E-state index in [1.807, 2.05) is 0 Å². The van der Waals surface area contributed by atoms with E-state index in [9.17, 15) is 0 Å². The first-order chi connectivity index (χ1) is 9.67. The van der Waals surface area contributed by atoms with Crippen molar-refractivity contribution in [1.82, 2.24) is 10.2 Å². The van der Waals surface area contributed by atoms with Gasteiger partial charge in [0.15, 0.2) is 0 Å². The van der Waals surface area contributed by atoms with E-state index in [0.717, 1.165) is 13.0 Å². The molecule has 2 atom stereocenters. The molecule has 2 rings (SSSR count). The molecule has 1 aliphatic heterocycles. The average molecular weight is 274 g/mol. The summed E-state index contributed by atoms with van der Waals surface area (Å²) in [7, 11) is 0. The summed E-state index contributed by atoms with van der Waals surface area (Å²) >= 11 is 0. The quantitative estimate of drug-likeness (QED) is 0.854. The van der Waals surface area contributed by atoms with Crippen LogP contribution in [0.4, 0.5) is 0 Å². The summed E-state index contributed by atoms with van der Waals surface area (Å²) in [6, 6.07) is 11.6. The van der Waals surface area contributed by atoms with Crippen molar-refractivity contribution in [2.45, 2.75) is 58.0 Å². The lowest BCUT2D eigenvalue weighted by molar-refractivity contribution is 0.0829. The molecule has 0 aromatic heterocycles. The van der Waals surface area contributed by atoms with Gasteiger partial charge in [-0.25, -0.2) is 0 Å². The highest BCUT2D eigenvalue weighted by molar-refractivity contribution is 5.16. The van der Waals surface area contributed by atoms with Gasteiger partial charge < -0.3 is 5.32 Å². The minimum Gasteiger partial charge on any atom is -0.309 e. The van der Waals surface area contributed by atoms with Gasteiger partial charge in [0.1, 0.15) is 0 Å². The molecule has 1 aromatic carbocycles. The molecule has 2 unspecified atom stereocenters. The Morgan fingerprint density at radius 1 is 1.25 bits per heavy atom. The third-order valence-electron chi connectivity index (χ3n) is 4.73. The monoisotopic (exact) mass is 274 g/mol. The first-order valence-electron chi connectivity index (χ1n) is 8.20. The second kappa shape index (κ2) is 7.24. The third kappa shape index (κ3) is 4.07. The van der Waals surface area contributed by atoms with Crippen LogP contribution in [0.15, 0.2) is 30.3 Å². The van der Waals surface area contributed by atoms with Crippen LogP contribution in [-0.2, 0) is 6.42 Å². The maximum absolute atomic E-state index is 3.78. The molecule has 1 saturated heterocycles. The molecule has 0 bridgehead atoms. The zero-order valence-corrected chi connectivity index (χ0v) is 13.4. The predicted molar refractivity (Wildman–Crippen MR) is 87.1 cm³/mol. The van der Waals surface area contributed by atoms with Gasteiger partial charge in [-0.15, -0.1) is 0 Å².